The smallest absolute Gasteiger partial charge is 0.239 e. The van der Waals surface area contributed by atoms with Crippen molar-refractivity contribution in [2.45, 2.75) is 4.90 Å². The molecule has 0 radical (unpaired) electrons. The van der Waals surface area contributed by atoms with E-state index < -0.39 is 15.8 Å². The van der Waals surface area contributed by atoms with Crippen LogP contribution in [0.25, 0.3) is 10.8 Å². The van der Waals surface area contributed by atoms with Crippen LogP contribution in [0.15, 0.2) is 102 Å². The predicted molar refractivity (Wildman–Crippen MR) is 113 cm³/mol. The summed E-state index contributed by atoms with van der Waals surface area (Å²) in [7, 11) is -3.91. The Kier molecular flexibility index (Phi) is 5.10. The van der Waals surface area contributed by atoms with Crippen molar-refractivity contribution < 1.29 is 17.2 Å². The van der Waals surface area contributed by atoms with Gasteiger partial charge in [-0.1, -0.05) is 54.6 Å². The van der Waals surface area contributed by atoms with Crippen LogP contribution in [0.5, 0.6) is 0 Å². The van der Waals surface area contributed by atoms with E-state index in [4.69, 9.17) is 0 Å². The first kappa shape index (κ1) is 18.8. The first-order valence-electron chi connectivity index (χ1n) is 8.98. The monoisotopic (exact) mass is 405 g/mol. The maximum atomic E-state index is 13.2. The van der Waals surface area contributed by atoms with Crippen LogP contribution in [-0.4, -0.2) is 14.3 Å². The van der Waals surface area contributed by atoms with E-state index in [0.717, 1.165) is 28.6 Å². The summed E-state index contributed by atoms with van der Waals surface area (Å²) in [4.78, 5) is -0.0212. The Bertz CT molecular complexity index is 1280. The minimum absolute atomic E-state index is 0.0212. The number of hydrogen-bond acceptors (Lipinski definition) is 2. The Balaban J connectivity index is 1.82. The van der Waals surface area contributed by atoms with E-state index in [-0.39, 0.29) is 4.90 Å². The molecule has 2 N–H and O–H groups in total. The summed E-state index contributed by atoms with van der Waals surface area (Å²) >= 11 is 0. The molecule has 4 aromatic rings. The number of sulfonamides is 1. The molecule has 0 fully saturated rings. The first-order valence-corrected chi connectivity index (χ1v) is 10.5. The number of amidine groups is 1. The van der Waals surface area contributed by atoms with E-state index in [1.807, 2.05) is 60.7 Å². The second-order valence-corrected chi connectivity index (χ2v) is 8.13. The molecule has 6 heteroatoms. The molecular weight excluding hydrogens is 387 g/mol. The largest absolute Gasteiger partial charge is 0.328 e. The lowest BCUT2D eigenvalue weighted by Crippen LogP contribution is -2.78. The summed E-state index contributed by atoms with van der Waals surface area (Å²) in [6.45, 7) is 0. The highest BCUT2D eigenvalue weighted by Crippen LogP contribution is 2.23. The highest BCUT2D eigenvalue weighted by Gasteiger charge is 2.21. The molecular formula is C23H18FN2O2S+. The molecule has 4 nitrogen and oxygen atoms in total. The zero-order chi connectivity index (χ0) is 20.3. The second-order valence-electron chi connectivity index (χ2n) is 6.45. The number of anilines is 1. The van der Waals surface area contributed by atoms with Gasteiger partial charge in [0.15, 0.2) is 0 Å². The average molecular weight is 405 g/mol. The molecule has 0 atom stereocenters. The van der Waals surface area contributed by atoms with E-state index in [1.165, 1.54) is 12.1 Å². The Labute approximate surface area is 168 Å². The third-order valence-electron chi connectivity index (χ3n) is 4.47. The molecule has 0 bridgehead atoms. The van der Waals surface area contributed by atoms with Gasteiger partial charge >= 0.3 is 10.0 Å². The molecule has 4 rings (SSSR count). The zero-order valence-corrected chi connectivity index (χ0v) is 16.2. The molecule has 0 aliphatic rings. The van der Waals surface area contributed by atoms with Gasteiger partial charge in [-0.15, -0.1) is 0 Å². The van der Waals surface area contributed by atoms with Gasteiger partial charge in [0.05, 0.1) is 5.56 Å². The molecule has 0 saturated heterocycles. The topological polar surface area (TPSA) is 60.1 Å². The number of benzene rings is 4. The molecule has 0 amide bonds. The molecule has 0 unspecified atom stereocenters. The number of halogens is 1. The molecule has 144 valence electrons. The quantitative estimate of drug-likeness (QED) is 0.405. The van der Waals surface area contributed by atoms with Gasteiger partial charge in [0, 0.05) is 5.39 Å². The van der Waals surface area contributed by atoms with Crippen LogP contribution >= 0.6 is 0 Å². The van der Waals surface area contributed by atoms with Gasteiger partial charge in [-0.2, -0.15) is 12.8 Å². The van der Waals surface area contributed by atoms with Crippen LogP contribution in [0, 0.1) is 5.82 Å². The summed E-state index contributed by atoms with van der Waals surface area (Å²) in [5.74, 6) is -0.184. The van der Waals surface area contributed by atoms with Crippen molar-refractivity contribution in [3.05, 3.63) is 108 Å². The standard InChI is InChI=1S/C23H17FN2O2S/c24-19-13-15-20(16-14-19)29(27,28)26-23(18-8-2-1-3-9-18)25-22-12-6-10-17-7-4-5-11-21(17)22/h1-16H,(H,25,26)/p+1. The lowest BCUT2D eigenvalue weighted by molar-refractivity contribution is -0.266. The van der Waals surface area contributed by atoms with Crippen LogP contribution in [0.2, 0.25) is 0 Å². The summed E-state index contributed by atoms with van der Waals surface area (Å²) < 4.78 is 41.6. The van der Waals surface area contributed by atoms with E-state index in [1.54, 1.807) is 12.1 Å². The fraction of sp³-hybridized carbons (Fsp3) is 0. The second kappa shape index (κ2) is 7.85. The minimum Gasteiger partial charge on any atom is -0.239 e. The summed E-state index contributed by atoms with van der Waals surface area (Å²) in [5, 5.41) is 5.22. The Hall–Kier alpha value is -3.51. The molecule has 0 aliphatic carbocycles. The number of fused-ring (bicyclic) bond motifs is 1. The lowest BCUT2D eigenvalue weighted by atomic mass is 10.1. The highest BCUT2D eigenvalue weighted by molar-refractivity contribution is 7.84. The van der Waals surface area contributed by atoms with Crippen molar-refractivity contribution in [3.63, 3.8) is 0 Å². The van der Waals surface area contributed by atoms with Gasteiger partial charge in [0.1, 0.15) is 16.4 Å². The van der Waals surface area contributed by atoms with E-state index in [0.29, 0.717) is 11.4 Å². The van der Waals surface area contributed by atoms with E-state index in [2.05, 4.69) is 9.71 Å². The number of nitrogens with one attached hydrogen (secondary N) is 2. The third-order valence-corrected chi connectivity index (χ3v) is 5.84. The summed E-state index contributed by atoms with van der Waals surface area (Å²) in [6, 6.07) is 27.4. The van der Waals surface area contributed by atoms with Gasteiger partial charge in [0.25, 0.3) is 5.84 Å². The molecule has 29 heavy (non-hydrogen) atoms. The van der Waals surface area contributed by atoms with Gasteiger partial charge < -0.3 is 0 Å². The average Bonchev–Trinajstić information content (AvgIpc) is 2.74. The van der Waals surface area contributed by atoms with Crippen molar-refractivity contribution in [2.24, 2.45) is 0 Å². The van der Waals surface area contributed by atoms with Crippen LogP contribution in [-0.2, 0) is 10.0 Å². The van der Waals surface area contributed by atoms with Crippen LogP contribution in [0.3, 0.4) is 0 Å². The van der Waals surface area contributed by atoms with Crippen molar-refractivity contribution in [1.82, 2.24) is 0 Å². The van der Waals surface area contributed by atoms with Gasteiger partial charge in [0.2, 0.25) is 0 Å². The predicted octanol–water partition coefficient (Wildman–Crippen LogP) is 3.31. The zero-order valence-electron chi connectivity index (χ0n) is 15.3. The third kappa shape index (κ3) is 4.17. The van der Waals surface area contributed by atoms with Crippen molar-refractivity contribution in [3.8, 4) is 0 Å². The molecule has 0 aliphatic heterocycles. The fourth-order valence-electron chi connectivity index (χ4n) is 3.04. The summed E-state index contributed by atoms with van der Waals surface area (Å²) in [5.41, 5.74) is 1.44. The maximum Gasteiger partial charge on any atom is 0.328 e. The first-order chi connectivity index (χ1) is 14.0. The molecule has 0 aromatic heterocycles. The van der Waals surface area contributed by atoms with E-state index in [9.17, 15) is 12.8 Å². The molecule has 0 spiro atoms. The Morgan fingerprint density at radius 1 is 0.759 bits per heavy atom. The fourth-order valence-corrected chi connectivity index (χ4v) is 4.09. The molecule has 4 aromatic carbocycles. The maximum absolute atomic E-state index is 13.2. The lowest BCUT2D eigenvalue weighted by Gasteiger charge is -2.07. The van der Waals surface area contributed by atoms with Gasteiger partial charge in [-0.25, -0.2) is 9.71 Å². The number of rotatable bonds is 4. The normalized spacial score (nSPS) is 12.1. The van der Waals surface area contributed by atoms with Gasteiger partial charge in [-0.05, 0) is 47.9 Å². The van der Waals surface area contributed by atoms with Crippen LogP contribution in [0.1, 0.15) is 5.56 Å². The highest BCUT2D eigenvalue weighted by atomic mass is 32.2. The van der Waals surface area contributed by atoms with Crippen molar-refractivity contribution in [2.75, 3.05) is 5.32 Å². The molecule has 0 heterocycles. The van der Waals surface area contributed by atoms with E-state index >= 15 is 0 Å². The minimum atomic E-state index is -3.91. The van der Waals surface area contributed by atoms with Crippen molar-refractivity contribution in [1.29, 1.82) is 0 Å². The number of hydrogen-bond donors (Lipinski definition) is 2. The summed E-state index contributed by atoms with van der Waals surface area (Å²) in [6.07, 6.45) is 0. The SMILES string of the molecule is O=S(=O)([NH+]=C(Nc1cccc2ccccc12)c1ccccc1)c1ccc(F)cc1. The van der Waals surface area contributed by atoms with Crippen molar-refractivity contribution >= 4 is 32.3 Å². The Morgan fingerprint density at radius 2 is 1.41 bits per heavy atom. The van der Waals surface area contributed by atoms with Crippen LogP contribution in [0.4, 0.5) is 10.1 Å². The molecule has 0 saturated carbocycles. The van der Waals surface area contributed by atoms with Crippen LogP contribution < -0.4 is 9.71 Å². The van der Waals surface area contributed by atoms with Gasteiger partial charge in [-0.3, -0.25) is 0 Å². The Morgan fingerprint density at radius 3 is 2.17 bits per heavy atom.